The standard InChI is InChI=1S/C19H28O4/c1-4-14(2)17-10-5-6-11-18(17)23-19(20)15(3)22-13-16-9-7-8-12-21-16/h5-6,10-11,14-16H,4,7-9,12-13H2,1-3H3. The third kappa shape index (κ3) is 5.33. The van der Waals surface area contributed by atoms with Crippen molar-refractivity contribution in [3.8, 4) is 5.75 Å². The second kappa shape index (κ2) is 9.04. The van der Waals surface area contributed by atoms with Crippen LogP contribution in [0.3, 0.4) is 0 Å². The van der Waals surface area contributed by atoms with Gasteiger partial charge in [-0.05, 0) is 50.2 Å². The molecule has 23 heavy (non-hydrogen) atoms. The summed E-state index contributed by atoms with van der Waals surface area (Å²) in [5.41, 5.74) is 1.06. The van der Waals surface area contributed by atoms with Crippen LogP contribution < -0.4 is 4.74 Å². The molecule has 0 saturated carbocycles. The van der Waals surface area contributed by atoms with Gasteiger partial charge in [-0.3, -0.25) is 0 Å². The van der Waals surface area contributed by atoms with Gasteiger partial charge in [0, 0.05) is 6.61 Å². The number of ether oxygens (including phenoxy) is 3. The summed E-state index contributed by atoms with van der Waals surface area (Å²) in [6, 6.07) is 7.71. The summed E-state index contributed by atoms with van der Waals surface area (Å²) in [6.45, 7) is 7.22. The first-order chi connectivity index (χ1) is 11.1. The van der Waals surface area contributed by atoms with Crippen LogP contribution >= 0.6 is 0 Å². The van der Waals surface area contributed by atoms with E-state index in [1.54, 1.807) is 6.92 Å². The van der Waals surface area contributed by atoms with Crippen molar-refractivity contribution in [1.29, 1.82) is 0 Å². The highest BCUT2D eigenvalue weighted by molar-refractivity contribution is 5.77. The van der Waals surface area contributed by atoms with Crippen LogP contribution in [0.5, 0.6) is 5.75 Å². The molecule has 0 aromatic heterocycles. The Hall–Kier alpha value is -1.39. The first kappa shape index (κ1) is 18.0. The first-order valence-corrected chi connectivity index (χ1v) is 8.65. The maximum absolute atomic E-state index is 12.3. The van der Waals surface area contributed by atoms with Crippen molar-refractivity contribution in [1.82, 2.24) is 0 Å². The predicted molar refractivity (Wildman–Crippen MR) is 89.8 cm³/mol. The minimum Gasteiger partial charge on any atom is -0.424 e. The lowest BCUT2D eigenvalue weighted by molar-refractivity contribution is -0.149. The topological polar surface area (TPSA) is 44.8 Å². The molecule has 0 aliphatic carbocycles. The summed E-state index contributed by atoms with van der Waals surface area (Å²) >= 11 is 0. The Morgan fingerprint density at radius 1 is 1.30 bits per heavy atom. The van der Waals surface area contributed by atoms with Gasteiger partial charge in [0.05, 0.1) is 12.7 Å². The fraction of sp³-hybridized carbons (Fsp3) is 0.632. The lowest BCUT2D eigenvalue weighted by Gasteiger charge is -2.24. The largest absolute Gasteiger partial charge is 0.424 e. The van der Waals surface area contributed by atoms with Gasteiger partial charge in [-0.2, -0.15) is 0 Å². The summed E-state index contributed by atoms with van der Waals surface area (Å²) in [7, 11) is 0. The predicted octanol–water partition coefficient (Wildman–Crippen LogP) is 4.08. The van der Waals surface area contributed by atoms with Gasteiger partial charge >= 0.3 is 5.97 Å². The van der Waals surface area contributed by atoms with Crippen molar-refractivity contribution >= 4 is 5.97 Å². The van der Waals surface area contributed by atoms with Gasteiger partial charge < -0.3 is 14.2 Å². The Balaban J connectivity index is 1.88. The van der Waals surface area contributed by atoms with E-state index >= 15 is 0 Å². The summed E-state index contributed by atoms with van der Waals surface area (Å²) in [4.78, 5) is 12.3. The molecule has 0 amide bonds. The molecule has 2 rings (SSSR count). The van der Waals surface area contributed by atoms with Crippen molar-refractivity contribution < 1.29 is 19.0 Å². The fourth-order valence-electron chi connectivity index (χ4n) is 2.65. The van der Waals surface area contributed by atoms with E-state index in [1.807, 2.05) is 24.3 Å². The second-order valence-corrected chi connectivity index (χ2v) is 6.23. The number of hydrogen-bond donors (Lipinski definition) is 0. The molecule has 1 saturated heterocycles. The van der Waals surface area contributed by atoms with Crippen LogP contribution in [-0.4, -0.2) is 31.4 Å². The van der Waals surface area contributed by atoms with Crippen LogP contribution in [0.4, 0.5) is 0 Å². The number of carbonyl (C=O) groups excluding carboxylic acids is 1. The zero-order chi connectivity index (χ0) is 16.7. The van der Waals surface area contributed by atoms with E-state index in [4.69, 9.17) is 14.2 Å². The van der Waals surface area contributed by atoms with Gasteiger partial charge in [0.1, 0.15) is 5.75 Å². The molecule has 1 aromatic rings. The van der Waals surface area contributed by atoms with Crippen LogP contribution in [-0.2, 0) is 14.3 Å². The molecule has 128 valence electrons. The summed E-state index contributed by atoms with van der Waals surface area (Å²) in [6.07, 6.45) is 3.78. The molecular weight excluding hydrogens is 292 g/mol. The molecule has 3 unspecified atom stereocenters. The van der Waals surface area contributed by atoms with Crippen LogP contribution in [0, 0.1) is 0 Å². The SMILES string of the molecule is CCC(C)c1ccccc1OC(=O)C(C)OCC1CCCCO1. The third-order valence-corrected chi connectivity index (χ3v) is 4.41. The Kier molecular flexibility index (Phi) is 7.06. The highest BCUT2D eigenvalue weighted by Gasteiger charge is 2.21. The number of para-hydroxylation sites is 1. The molecule has 1 aliphatic heterocycles. The minimum absolute atomic E-state index is 0.103. The van der Waals surface area contributed by atoms with E-state index < -0.39 is 6.10 Å². The summed E-state index contributed by atoms with van der Waals surface area (Å²) in [5.74, 6) is 0.638. The van der Waals surface area contributed by atoms with E-state index in [-0.39, 0.29) is 12.1 Å². The Bertz CT molecular complexity index is 494. The summed E-state index contributed by atoms with van der Waals surface area (Å²) in [5, 5.41) is 0. The van der Waals surface area contributed by atoms with E-state index in [2.05, 4.69) is 13.8 Å². The second-order valence-electron chi connectivity index (χ2n) is 6.23. The lowest BCUT2D eigenvalue weighted by atomic mass is 9.98. The van der Waals surface area contributed by atoms with Crippen molar-refractivity contribution in [3.63, 3.8) is 0 Å². The first-order valence-electron chi connectivity index (χ1n) is 8.65. The van der Waals surface area contributed by atoms with Crippen LogP contribution in [0.15, 0.2) is 24.3 Å². The maximum Gasteiger partial charge on any atom is 0.340 e. The highest BCUT2D eigenvalue weighted by Crippen LogP contribution is 2.28. The average molecular weight is 320 g/mol. The molecule has 1 aliphatic rings. The molecule has 3 atom stereocenters. The molecule has 0 spiro atoms. The number of hydrogen-bond acceptors (Lipinski definition) is 4. The van der Waals surface area contributed by atoms with Crippen LogP contribution in [0.2, 0.25) is 0 Å². The number of rotatable bonds is 7. The number of carbonyl (C=O) groups is 1. The van der Waals surface area contributed by atoms with Crippen LogP contribution in [0.25, 0.3) is 0 Å². The van der Waals surface area contributed by atoms with E-state index in [9.17, 15) is 4.79 Å². The quantitative estimate of drug-likeness (QED) is 0.561. The van der Waals surface area contributed by atoms with E-state index in [0.717, 1.165) is 37.9 Å². The van der Waals surface area contributed by atoms with Gasteiger partial charge in [0.15, 0.2) is 6.10 Å². The van der Waals surface area contributed by atoms with E-state index in [1.165, 1.54) is 0 Å². The molecule has 1 heterocycles. The third-order valence-electron chi connectivity index (χ3n) is 4.41. The van der Waals surface area contributed by atoms with Gasteiger partial charge in [-0.1, -0.05) is 32.0 Å². The molecule has 0 bridgehead atoms. The smallest absolute Gasteiger partial charge is 0.340 e. The normalized spacial score (nSPS) is 20.7. The lowest BCUT2D eigenvalue weighted by Crippen LogP contribution is -2.32. The molecule has 1 fully saturated rings. The van der Waals surface area contributed by atoms with Gasteiger partial charge in [0.2, 0.25) is 0 Å². The van der Waals surface area contributed by atoms with Crippen molar-refractivity contribution in [3.05, 3.63) is 29.8 Å². The van der Waals surface area contributed by atoms with Crippen molar-refractivity contribution in [2.45, 2.75) is 64.6 Å². The van der Waals surface area contributed by atoms with Gasteiger partial charge in [0.25, 0.3) is 0 Å². The zero-order valence-electron chi connectivity index (χ0n) is 14.4. The van der Waals surface area contributed by atoms with Gasteiger partial charge in [-0.15, -0.1) is 0 Å². The number of esters is 1. The van der Waals surface area contributed by atoms with Gasteiger partial charge in [-0.25, -0.2) is 4.79 Å². The van der Waals surface area contributed by atoms with Crippen molar-refractivity contribution in [2.24, 2.45) is 0 Å². The molecule has 1 aromatic carbocycles. The maximum atomic E-state index is 12.3. The van der Waals surface area contributed by atoms with E-state index in [0.29, 0.717) is 18.3 Å². The Morgan fingerprint density at radius 2 is 2.09 bits per heavy atom. The van der Waals surface area contributed by atoms with Crippen molar-refractivity contribution in [2.75, 3.05) is 13.2 Å². The average Bonchev–Trinajstić information content (AvgIpc) is 2.60. The Labute approximate surface area is 139 Å². The molecule has 0 radical (unpaired) electrons. The highest BCUT2D eigenvalue weighted by atomic mass is 16.6. The Morgan fingerprint density at radius 3 is 2.78 bits per heavy atom. The zero-order valence-corrected chi connectivity index (χ0v) is 14.4. The monoisotopic (exact) mass is 320 g/mol. The molecule has 4 nitrogen and oxygen atoms in total. The minimum atomic E-state index is -0.592. The molecule has 0 N–H and O–H groups in total. The summed E-state index contributed by atoms with van der Waals surface area (Å²) < 4.78 is 16.8. The van der Waals surface area contributed by atoms with Crippen LogP contribution in [0.1, 0.15) is 57.9 Å². The molecule has 4 heteroatoms. The fourth-order valence-corrected chi connectivity index (χ4v) is 2.65. The molecular formula is C19H28O4. The number of benzene rings is 1.